The number of benzene rings is 1. The van der Waals surface area contributed by atoms with Crippen LogP contribution in [0.25, 0.3) is 11.1 Å². The second-order valence-corrected chi connectivity index (χ2v) is 9.20. The number of nitrogens with zero attached hydrogens (tertiary/aromatic N) is 3. The topological polar surface area (TPSA) is 67.4 Å². The predicted octanol–water partition coefficient (Wildman–Crippen LogP) is 5.81. The van der Waals surface area contributed by atoms with Crippen molar-refractivity contribution in [3.05, 3.63) is 41.5 Å². The normalized spacial score (nSPS) is 17.7. The van der Waals surface area contributed by atoms with E-state index in [0.29, 0.717) is 23.9 Å². The van der Waals surface area contributed by atoms with Gasteiger partial charge in [-0.15, -0.1) is 0 Å². The third-order valence-electron chi connectivity index (χ3n) is 5.43. The van der Waals surface area contributed by atoms with Gasteiger partial charge in [0.1, 0.15) is 11.4 Å². The molecule has 2 heterocycles. The zero-order chi connectivity index (χ0) is 24.6. The van der Waals surface area contributed by atoms with Crippen LogP contribution in [0.5, 0.6) is 0 Å². The largest absolute Gasteiger partial charge is 0.444 e. The molecule has 10 heteroatoms. The Bertz CT molecular complexity index is 1020. The molecule has 0 saturated carbocycles. The lowest BCUT2D eigenvalue weighted by atomic mass is 10.0. The molecule has 0 aliphatic carbocycles. The number of hydrogen-bond acceptors (Lipinski definition) is 5. The average molecular weight is 468 g/mol. The summed E-state index contributed by atoms with van der Waals surface area (Å²) in [5.74, 6) is -0.711. The summed E-state index contributed by atoms with van der Waals surface area (Å²) in [5, 5.41) is 3.18. The van der Waals surface area contributed by atoms with E-state index in [1.165, 1.54) is 6.20 Å². The lowest BCUT2D eigenvalue weighted by Gasteiger charge is -2.32. The van der Waals surface area contributed by atoms with Crippen molar-refractivity contribution in [1.82, 2.24) is 14.9 Å². The quantitative estimate of drug-likeness (QED) is 0.574. The van der Waals surface area contributed by atoms with Crippen LogP contribution in [0.3, 0.4) is 0 Å². The van der Waals surface area contributed by atoms with Gasteiger partial charge in [0, 0.05) is 29.9 Å². The molecule has 3 rings (SSSR count). The first kappa shape index (κ1) is 24.7. The molecule has 1 aromatic heterocycles. The smallest absolute Gasteiger partial charge is 0.416 e. The van der Waals surface area contributed by atoms with Crippen molar-refractivity contribution in [2.45, 2.75) is 71.3 Å². The third-order valence-corrected chi connectivity index (χ3v) is 5.43. The summed E-state index contributed by atoms with van der Waals surface area (Å²) in [7, 11) is 0. The Hall–Kier alpha value is -2.91. The second kappa shape index (κ2) is 9.15. The van der Waals surface area contributed by atoms with Gasteiger partial charge in [-0.05, 0) is 59.6 Å². The van der Waals surface area contributed by atoms with Gasteiger partial charge in [0.05, 0.1) is 17.3 Å². The maximum atomic E-state index is 14.4. The van der Waals surface area contributed by atoms with Crippen LogP contribution in [0, 0.1) is 12.7 Å². The van der Waals surface area contributed by atoms with Crippen LogP contribution < -0.4 is 5.32 Å². The molecule has 6 nitrogen and oxygen atoms in total. The Morgan fingerprint density at radius 3 is 2.52 bits per heavy atom. The maximum absolute atomic E-state index is 14.4. The number of carbonyl (C=O) groups is 1. The highest BCUT2D eigenvalue weighted by Crippen LogP contribution is 2.33. The molecule has 2 atom stereocenters. The number of rotatable bonds is 4. The highest BCUT2D eigenvalue weighted by atomic mass is 19.4. The Morgan fingerprint density at radius 1 is 1.24 bits per heavy atom. The molecule has 0 radical (unpaired) electrons. The Labute approximate surface area is 190 Å². The van der Waals surface area contributed by atoms with E-state index in [0.717, 1.165) is 25.0 Å². The Balaban J connectivity index is 1.75. The first-order valence-corrected chi connectivity index (χ1v) is 10.7. The van der Waals surface area contributed by atoms with Crippen LogP contribution in [0.2, 0.25) is 0 Å². The van der Waals surface area contributed by atoms with Crippen molar-refractivity contribution < 1.29 is 27.1 Å². The first-order valence-electron chi connectivity index (χ1n) is 10.7. The van der Waals surface area contributed by atoms with E-state index in [4.69, 9.17) is 4.74 Å². The number of aromatic nitrogens is 2. The third kappa shape index (κ3) is 5.91. The number of alkyl halides is 3. The van der Waals surface area contributed by atoms with Gasteiger partial charge in [-0.3, -0.25) is 0 Å². The van der Waals surface area contributed by atoms with Gasteiger partial charge < -0.3 is 15.0 Å². The predicted molar refractivity (Wildman–Crippen MR) is 116 cm³/mol. The lowest BCUT2D eigenvalue weighted by molar-refractivity contribution is -0.137. The van der Waals surface area contributed by atoms with E-state index in [2.05, 4.69) is 15.3 Å². The minimum absolute atomic E-state index is 0.00741. The zero-order valence-corrected chi connectivity index (χ0v) is 19.3. The standard InChI is InChI=1S/C23H28F4N4O2/c1-13-17(16-9-8-15(11-18(16)24)23(25,26)27)12-28-20(29-13)30-14(2)19-7-6-10-31(19)21(32)33-22(3,4)5/h8-9,11-12,14,19H,6-7,10H2,1-5H3,(H,28,29,30)/t14-,19-/m1/s1. The molecule has 1 aromatic carbocycles. The van der Waals surface area contributed by atoms with Crippen molar-refractivity contribution in [3.8, 4) is 11.1 Å². The molecule has 0 bridgehead atoms. The number of ether oxygens (including phenoxy) is 1. The van der Waals surface area contributed by atoms with Crippen LogP contribution in [0.4, 0.5) is 28.3 Å². The van der Waals surface area contributed by atoms with Gasteiger partial charge in [0.15, 0.2) is 0 Å². The van der Waals surface area contributed by atoms with E-state index < -0.39 is 23.2 Å². The van der Waals surface area contributed by atoms with E-state index in [9.17, 15) is 22.4 Å². The number of amides is 1. The molecule has 1 fully saturated rings. The molecule has 0 unspecified atom stereocenters. The summed E-state index contributed by atoms with van der Waals surface area (Å²) >= 11 is 0. The monoisotopic (exact) mass is 468 g/mol. The van der Waals surface area contributed by atoms with Crippen molar-refractivity contribution in [3.63, 3.8) is 0 Å². The molecule has 1 aliphatic heterocycles. The van der Waals surface area contributed by atoms with Gasteiger partial charge in [0.2, 0.25) is 5.95 Å². The fraction of sp³-hybridized carbons (Fsp3) is 0.522. The Morgan fingerprint density at radius 2 is 1.94 bits per heavy atom. The van der Waals surface area contributed by atoms with Crippen molar-refractivity contribution >= 4 is 12.0 Å². The second-order valence-electron chi connectivity index (χ2n) is 9.20. The van der Waals surface area contributed by atoms with Crippen LogP contribution in [0.1, 0.15) is 51.8 Å². The number of anilines is 1. The fourth-order valence-corrected chi connectivity index (χ4v) is 3.87. The summed E-state index contributed by atoms with van der Waals surface area (Å²) < 4.78 is 58.3. The van der Waals surface area contributed by atoms with Crippen LogP contribution in [-0.2, 0) is 10.9 Å². The van der Waals surface area contributed by atoms with Crippen LogP contribution in [-0.4, -0.2) is 45.2 Å². The van der Waals surface area contributed by atoms with E-state index >= 15 is 0 Å². The summed E-state index contributed by atoms with van der Waals surface area (Å²) in [6.45, 7) is 9.58. The van der Waals surface area contributed by atoms with Gasteiger partial charge >= 0.3 is 12.3 Å². The number of aryl methyl sites for hydroxylation is 1. The molecule has 1 N–H and O–H groups in total. The van der Waals surface area contributed by atoms with Crippen LogP contribution >= 0.6 is 0 Å². The molecule has 1 aliphatic rings. The number of carbonyl (C=O) groups excluding carboxylic acids is 1. The van der Waals surface area contributed by atoms with E-state index in [1.54, 1.807) is 11.8 Å². The number of hydrogen-bond donors (Lipinski definition) is 1. The Kier molecular flexibility index (Phi) is 6.85. The van der Waals surface area contributed by atoms with E-state index in [-0.39, 0.29) is 29.7 Å². The van der Waals surface area contributed by atoms with E-state index in [1.807, 2.05) is 27.7 Å². The first-order chi connectivity index (χ1) is 15.3. The number of nitrogens with one attached hydrogen (secondary N) is 1. The number of likely N-dealkylation sites (tertiary alicyclic amines) is 1. The maximum Gasteiger partial charge on any atom is 0.416 e. The molecule has 1 amide bonds. The molecule has 1 saturated heterocycles. The van der Waals surface area contributed by atoms with Gasteiger partial charge in [0.25, 0.3) is 0 Å². The van der Waals surface area contributed by atoms with Crippen LogP contribution in [0.15, 0.2) is 24.4 Å². The molecule has 33 heavy (non-hydrogen) atoms. The summed E-state index contributed by atoms with van der Waals surface area (Å²) in [6, 6.07) is 2.08. The fourth-order valence-electron chi connectivity index (χ4n) is 3.87. The zero-order valence-electron chi connectivity index (χ0n) is 19.3. The molecule has 2 aromatic rings. The molecular formula is C23H28F4N4O2. The van der Waals surface area contributed by atoms with Gasteiger partial charge in [-0.25, -0.2) is 19.2 Å². The molecule has 180 valence electrons. The number of halogens is 4. The summed E-state index contributed by atoms with van der Waals surface area (Å²) in [6.07, 6.45) is -1.97. The van der Waals surface area contributed by atoms with Gasteiger partial charge in [-0.1, -0.05) is 6.07 Å². The summed E-state index contributed by atoms with van der Waals surface area (Å²) in [4.78, 5) is 22.8. The molecular weight excluding hydrogens is 440 g/mol. The van der Waals surface area contributed by atoms with Gasteiger partial charge in [-0.2, -0.15) is 13.2 Å². The highest BCUT2D eigenvalue weighted by molar-refractivity contribution is 5.69. The van der Waals surface area contributed by atoms with Crippen molar-refractivity contribution in [1.29, 1.82) is 0 Å². The summed E-state index contributed by atoms with van der Waals surface area (Å²) in [5.41, 5.74) is -0.943. The van der Waals surface area contributed by atoms with Crippen molar-refractivity contribution in [2.24, 2.45) is 0 Å². The highest BCUT2D eigenvalue weighted by Gasteiger charge is 2.36. The average Bonchev–Trinajstić information content (AvgIpc) is 3.17. The van der Waals surface area contributed by atoms with Crippen molar-refractivity contribution in [2.75, 3.05) is 11.9 Å². The lowest BCUT2D eigenvalue weighted by Crippen LogP contribution is -2.46. The molecule has 0 spiro atoms. The SMILES string of the molecule is Cc1nc(N[C@H](C)[C@H]2CCCN2C(=O)OC(C)(C)C)ncc1-c1ccc(C(F)(F)F)cc1F. The minimum atomic E-state index is -4.62. The minimum Gasteiger partial charge on any atom is -0.444 e.